The lowest BCUT2D eigenvalue weighted by Crippen LogP contribution is -2.34. The van der Waals surface area contributed by atoms with Gasteiger partial charge in [-0.05, 0) is 19.8 Å². The molecule has 10 heavy (non-hydrogen) atoms. The van der Waals surface area contributed by atoms with E-state index in [2.05, 4.69) is 5.48 Å². The summed E-state index contributed by atoms with van der Waals surface area (Å²) in [5.74, 6) is 0. The summed E-state index contributed by atoms with van der Waals surface area (Å²) in [5.41, 5.74) is 2.99. The fraction of sp³-hybridized carbons (Fsp3) is 1.00. The highest BCUT2D eigenvalue weighted by Gasteiger charge is 2.12. The molecule has 1 N–H and O–H groups in total. The standard InChI is InChI=1S/C7H15NO2/c1-2-10-8-7-3-5-9-6-4-7/h7-8H,2-6H2,1H3. The summed E-state index contributed by atoms with van der Waals surface area (Å²) >= 11 is 0. The van der Waals surface area contributed by atoms with Crippen molar-refractivity contribution < 1.29 is 9.57 Å². The smallest absolute Gasteiger partial charge is 0.0654 e. The zero-order valence-corrected chi connectivity index (χ0v) is 6.43. The maximum Gasteiger partial charge on any atom is 0.0654 e. The molecule has 0 aromatic carbocycles. The average Bonchev–Trinajstić information content (AvgIpc) is 2.03. The Labute approximate surface area is 61.7 Å². The first-order valence-electron chi connectivity index (χ1n) is 3.88. The average molecular weight is 145 g/mol. The molecule has 0 bridgehead atoms. The molecule has 0 spiro atoms. The van der Waals surface area contributed by atoms with E-state index in [1.807, 2.05) is 6.92 Å². The Morgan fingerprint density at radius 1 is 1.50 bits per heavy atom. The Morgan fingerprint density at radius 3 is 2.80 bits per heavy atom. The van der Waals surface area contributed by atoms with Gasteiger partial charge in [0.25, 0.3) is 0 Å². The van der Waals surface area contributed by atoms with Crippen molar-refractivity contribution in [3.63, 3.8) is 0 Å². The highest BCUT2D eigenvalue weighted by Crippen LogP contribution is 2.05. The van der Waals surface area contributed by atoms with E-state index >= 15 is 0 Å². The van der Waals surface area contributed by atoms with Gasteiger partial charge in [0.1, 0.15) is 0 Å². The summed E-state index contributed by atoms with van der Waals surface area (Å²) in [6, 6.07) is 0.508. The van der Waals surface area contributed by atoms with E-state index in [4.69, 9.17) is 9.57 Å². The van der Waals surface area contributed by atoms with Crippen LogP contribution in [0.4, 0.5) is 0 Å². The second-order valence-corrected chi connectivity index (χ2v) is 2.44. The van der Waals surface area contributed by atoms with Crippen molar-refractivity contribution in [1.29, 1.82) is 0 Å². The van der Waals surface area contributed by atoms with Gasteiger partial charge in [-0.2, -0.15) is 5.48 Å². The van der Waals surface area contributed by atoms with Gasteiger partial charge >= 0.3 is 0 Å². The van der Waals surface area contributed by atoms with Crippen LogP contribution in [0.25, 0.3) is 0 Å². The second kappa shape index (κ2) is 4.66. The number of rotatable bonds is 3. The van der Waals surface area contributed by atoms with Gasteiger partial charge in [-0.15, -0.1) is 0 Å². The lowest BCUT2D eigenvalue weighted by atomic mass is 10.1. The third-order valence-corrected chi connectivity index (χ3v) is 1.62. The van der Waals surface area contributed by atoms with E-state index in [0.29, 0.717) is 6.04 Å². The van der Waals surface area contributed by atoms with Crippen LogP contribution in [-0.2, 0) is 9.57 Å². The first-order chi connectivity index (χ1) is 4.93. The summed E-state index contributed by atoms with van der Waals surface area (Å²) < 4.78 is 5.18. The minimum absolute atomic E-state index is 0.508. The van der Waals surface area contributed by atoms with E-state index < -0.39 is 0 Å². The van der Waals surface area contributed by atoms with Crippen LogP contribution in [0.5, 0.6) is 0 Å². The Morgan fingerprint density at radius 2 is 2.20 bits per heavy atom. The molecule has 0 unspecified atom stereocenters. The van der Waals surface area contributed by atoms with Crippen molar-refractivity contribution in [2.45, 2.75) is 25.8 Å². The van der Waals surface area contributed by atoms with Gasteiger partial charge in [-0.1, -0.05) is 0 Å². The van der Waals surface area contributed by atoms with Gasteiger partial charge < -0.3 is 9.57 Å². The fourth-order valence-corrected chi connectivity index (χ4v) is 1.02. The maximum absolute atomic E-state index is 5.18. The minimum Gasteiger partial charge on any atom is -0.381 e. The van der Waals surface area contributed by atoms with Gasteiger partial charge in [-0.25, -0.2) is 0 Å². The second-order valence-electron chi connectivity index (χ2n) is 2.44. The third kappa shape index (κ3) is 2.64. The van der Waals surface area contributed by atoms with E-state index in [9.17, 15) is 0 Å². The van der Waals surface area contributed by atoms with Gasteiger partial charge in [0.2, 0.25) is 0 Å². The predicted octanol–water partition coefficient (Wildman–Crippen LogP) is 0.707. The molecule has 1 fully saturated rings. The topological polar surface area (TPSA) is 30.5 Å². The molecule has 3 nitrogen and oxygen atoms in total. The predicted molar refractivity (Wildman–Crippen MR) is 38.6 cm³/mol. The maximum atomic E-state index is 5.18. The summed E-state index contributed by atoms with van der Waals surface area (Å²) in [6.45, 7) is 4.44. The van der Waals surface area contributed by atoms with Gasteiger partial charge in [0.05, 0.1) is 6.61 Å². The van der Waals surface area contributed by atoms with Crippen LogP contribution in [-0.4, -0.2) is 25.9 Å². The van der Waals surface area contributed by atoms with Crippen LogP contribution < -0.4 is 5.48 Å². The number of hydrogen-bond acceptors (Lipinski definition) is 3. The van der Waals surface area contributed by atoms with Crippen LogP contribution in [0.15, 0.2) is 0 Å². The molecule has 0 aromatic heterocycles. The van der Waals surface area contributed by atoms with Crippen molar-refractivity contribution in [3.8, 4) is 0 Å². The zero-order chi connectivity index (χ0) is 7.23. The molecule has 0 aliphatic carbocycles. The van der Waals surface area contributed by atoms with Crippen LogP contribution in [0.2, 0.25) is 0 Å². The van der Waals surface area contributed by atoms with E-state index in [0.717, 1.165) is 32.7 Å². The van der Waals surface area contributed by atoms with Crippen molar-refractivity contribution in [2.75, 3.05) is 19.8 Å². The first-order valence-corrected chi connectivity index (χ1v) is 3.88. The number of hydrogen-bond donors (Lipinski definition) is 1. The van der Waals surface area contributed by atoms with Crippen molar-refractivity contribution in [2.24, 2.45) is 0 Å². The van der Waals surface area contributed by atoms with E-state index in [-0.39, 0.29) is 0 Å². The SMILES string of the molecule is CCONC1CCOCC1. The van der Waals surface area contributed by atoms with Crippen molar-refractivity contribution >= 4 is 0 Å². The number of nitrogens with one attached hydrogen (secondary N) is 1. The summed E-state index contributed by atoms with van der Waals surface area (Å²) in [6.07, 6.45) is 2.14. The molecule has 0 aromatic rings. The quantitative estimate of drug-likeness (QED) is 0.593. The molecule has 0 atom stereocenters. The Balaban J connectivity index is 2.02. The van der Waals surface area contributed by atoms with Crippen LogP contribution in [0.1, 0.15) is 19.8 Å². The molecular weight excluding hydrogens is 130 g/mol. The fourth-order valence-electron chi connectivity index (χ4n) is 1.02. The molecule has 0 saturated carbocycles. The lowest BCUT2D eigenvalue weighted by molar-refractivity contribution is -0.0160. The van der Waals surface area contributed by atoms with Gasteiger partial charge in [-0.3, -0.25) is 0 Å². The number of ether oxygens (including phenoxy) is 1. The van der Waals surface area contributed by atoms with Crippen molar-refractivity contribution in [1.82, 2.24) is 5.48 Å². The summed E-state index contributed by atoms with van der Waals surface area (Å²) in [7, 11) is 0. The first kappa shape index (κ1) is 7.98. The molecule has 1 aliphatic rings. The Kier molecular flexibility index (Phi) is 3.72. The van der Waals surface area contributed by atoms with E-state index in [1.165, 1.54) is 0 Å². The third-order valence-electron chi connectivity index (χ3n) is 1.62. The Bertz CT molecular complexity index is 81.7. The van der Waals surface area contributed by atoms with Crippen LogP contribution in [0, 0.1) is 0 Å². The van der Waals surface area contributed by atoms with Crippen LogP contribution >= 0.6 is 0 Å². The molecule has 0 amide bonds. The highest BCUT2D eigenvalue weighted by atomic mass is 16.6. The van der Waals surface area contributed by atoms with E-state index in [1.54, 1.807) is 0 Å². The molecular formula is C7H15NO2. The molecule has 3 heteroatoms. The molecule has 1 heterocycles. The summed E-state index contributed by atoms with van der Waals surface area (Å²) in [4.78, 5) is 5.07. The van der Waals surface area contributed by atoms with Gasteiger partial charge in [0.15, 0.2) is 0 Å². The zero-order valence-electron chi connectivity index (χ0n) is 6.43. The Hall–Kier alpha value is -0.120. The monoisotopic (exact) mass is 145 g/mol. The minimum atomic E-state index is 0.508. The van der Waals surface area contributed by atoms with Crippen LogP contribution in [0.3, 0.4) is 0 Å². The van der Waals surface area contributed by atoms with Crippen molar-refractivity contribution in [3.05, 3.63) is 0 Å². The highest BCUT2D eigenvalue weighted by molar-refractivity contribution is 4.65. The lowest BCUT2D eigenvalue weighted by Gasteiger charge is -2.22. The normalized spacial score (nSPS) is 21.3. The van der Waals surface area contributed by atoms with Gasteiger partial charge in [0, 0.05) is 19.3 Å². The molecule has 1 rings (SSSR count). The molecule has 0 radical (unpaired) electrons. The largest absolute Gasteiger partial charge is 0.381 e. The summed E-state index contributed by atoms with van der Waals surface area (Å²) in [5, 5.41) is 0. The molecule has 1 saturated heterocycles. The molecule has 60 valence electrons. The number of hydroxylamine groups is 1. The molecule has 1 aliphatic heterocycles.